The molecule has 11 nitrogen and oxygen atoms in total. The minimum absolute atomic E-state index is 0.113. The van der Waals surface area contributed by atoms with Gasteiger partial charge in [-0.2, -0.15) is 0 Å². The van der Waals surface area contributed by atoms with Gasteiger partial charge in [0.1, 0.15) is 12.7 Å². The number of ether oxygens (including phenoxy) is 3. The Kier molecular flexibility index (Phi) is 53.1. The molecule has 3 unspecified atom stereocenters. The van der Waals surface area contributed by atoms with E-state index >= 15 is 0 Å². The number of aliphatic hydroxyl groups is 1. The minimum Gasteiger partial charge on any atom is -0.462 e. The largest absolute Gasteiger partial charge is 0.472 e. The number of carbonyl (C=O) groups excluding carboxylic acids is 3. The summed E-state index contributed by atoms with van der Waals surface area (Å²) in [5.74, 6) is -1.59. The fourth-order valence-electron chi connectivity index (χ4n) is 6.97. The van der Waals surface area contributed by atoms with E-state index in [2.05, 4.69) is 167 Å². The second-order valence-corrected chi connectivity index (χ2v) is 19.8. The van der Waals surface area contributed by atoms with E-state index in [9.17, 15) is 28.9 Å². The lowest BCUT2D eigenvalue weighted by Gasteiger charge is -2.21. The highest BCUT2D eigenvalue weighted by Crippen LogP contribution is 2.43. The van der Waals surface area contributed by atoms with Gasteiger partial charge < -0.3 is 24.2 Å². The van der Waals surface area contributed by atoms with Crippen LogP contribution in [0.5, 0.6) is 0 Å². The molecule has 2 N–H and O–H groups in total. The van der Waals surface area contributed by atoms with Crippen molar-refractivity contribution < 1.29 is 52.2 Å². The summed E-state index contributed by atoms with van der Waals surface area (Å²) in [5, 5.41) is 9.81. The van der Waals surface area contributed by atoms with Crippen LogP contribution in [-0.2, 0) is 42.2 Å². The molecule has 0 heterocycles. The summed E-state index contributed by atoms with van der Waals surface area (Å²) in [6, 6.07) is 0. The maximum absolute atomic E-state index is 12.9. The highest BCUT2D eigenvalue weighted by atomic mass is 31.2. The van der Waals surface area contributed by atoms with Gasteiger partial charge in [0.15, 0.2) is 6.10 Å². The van der Waals surface area contributed by atoms with E-state index in [0.717, 1.165) is 141 Å². The maximum Gasteiger partial charge on any atom is 0.472 e. The second kappa shape index (κ2) is 56.6. The van der Waals surface area contributed by atoms with Gasteiger partial charge in [0.25, 0.3) is 0 Å². The van der Waals surface area contributed by atoms with Crippen LogP contribution in [0.1, 0.15) is 201 Å². The van der Waals surface area contributed by atoms with Crippen molar-refractivity contribution in [1.29, 1.82) is 0 Å². The van der Waals surface area contributed by atoms with Gasteiger partial charge in [-0.1, -0.05) is 192 Å². The van der Waals surface area contributed by atoms with Gasteiger partial charge >= 0.3 is 25.7 Å². The standard InChI is InChI=1S/C64H101O11P/c1-4-7-10-13-16-19-22-25-28-29-30-31-34-37-40-43-46-49-52-55-64(68)75-61(57-71-62(66)53-50-47-44-41-38-35-32-26-23-20-17-14-11-8-5-2)59-73-76(69,70)72-58-60(56-65)74-63(67)54-51-48-45-42-39-36-33-27-24-21-18-15-12-9-6-3/h7-12,16-21,25-28,30-33,38-39,41-42,60-61,65H,4-6,13-15,22-24,29,34-37,40,43-59H2,1-3H3,(H,69,70)/b10-7-,11-8-,12-9-,19-16-,20-17-,21-18-,28-25-,31-30-,32-26-,33-27-,41-38-,42-39-. The Morgan fingerprint density at radius 3 is 1.01 bits per heavy atom. The number of hydrogen-bond acceptors (Lipinski definition) is 10. The molecular weight excluding hydrogens is 976 g/mol. The first-order valence-electron chi connectivity index (χ1n) is 28.7. The van der Waals surface area contributed by atoms with E-state index in [1.165, 1.54) is 0 Å². The number of esters is 3. The SMILES string of the molecule is CC/C=C\C/C=C\C/C=C\C/C=C\CCCCCCCCC(=O)OC(COC(=O)CCCC/C=C\C/C=C\C/C=C\C/C=C\CC)COP(=O)(O)OCC(CO)OC(=O)CCCC/C=C\C/C=C\C/C=C\C/C=C\CC. The van der Waals surface area contributed by atoms with E-state index < -0.39 is 57.8 Å². The third-order valence-electron chi connectivity index (χ3n) is 11.2. The number of unbranched alkanes of at least 4 members (excludes halogenated alkanes) is 10. The molecule has 12 heteroatoms. The summed E-state index contributed by atoms with van der Waals surface area (Å²) in [5.41, 5.74) is 0. The highest BCUT2D eigenvalue weighted by molar-refractivity contribution is 7.47. The summed E-state index contributed by atoms with van der Waals surface area (Å²) in [6.07, 6.45) is 72.4. The fraction of sp³-hybridized carbons (Fsp3) is 0.578. The summed E-state index contributed by atoms with van der Waals surface area (Å²) >= 11 is 0. The molecule has 0 aromatic carbocycles. The number of aliphatic hydroxyl groups excluding tert-OH is 1. The zero-order valence-corrected chi connectivity index (χ0v) is 48.0. The van der Waals surface area contributed by atoms with Crippen LogP contribution in [0.3, 0.4) is 0 Å². The fourth-order valence-corrected chi connectivity index (χ4v) is 7.76. The number of allylic oxidation sites excluding steroid dienone is 24. The van der Waals surface area contributed by atoms with Crippen molar-refractivity contribution in [3.8, 4) is 0 Å². The molecule has 0 aliphatic rings. The third-order valence-corrected chi connectivity index (χ3v) is 12.2. The van der Waals surface area contributed by atoms with Crippen LogP contribution in [0.2, 0.25) is 0 Å². The molecule has 0 aromatic rings. The van der Waals surface area contributed by atoms with Crippen molar-refractivity contribution in [2.75, 3.05) is 26.4 Å². The van der Waals surface area contributed by atoms with Crippen LogP contribution in [0, 0.1) is 0 Å². The summed E-state index contributed by atoms with van der Waals surface area (Å²) < 4.78 is 39.4. The average Bonchev–Trinajstić information content (AvgIpc) is 3.41. The zero-order chi connectivity index (χ0) is 55.5. The van der Waals surface area contributed by atoms with E-state index in [0.29, 0.717) is 19.3 Å². The van der Waals surface area contributed by atoms with Crippen molar-refractivity contribution in [2.45, 2.75) is 213 Å². The van der Waals surface area contributed by atoms with Gasteiger partial charge in [0.05, 0.1) is 19.8 Å². The molecule has 0 aliphatic heterocycles. The molecule has 3 atom stereocenters. The Bertz CT molecular complexity index is 1830. The van der Waals surface area contributed by atoms with Crippen LogP contribution < -0.4 is 0 Å². The third kappa shape index (κ3) is 54.2. The number of carbonyl (C=O) groups is 3. The molecule has 76 heavy (non-hydrogen) atoms. The summed E-state index contributed by atoms with van der Waals surface area (Å²) in [6.45, 7) is 4.16. The van der Waals surface area contributed by atoms with E-state index in [1.807, 2.05) is 0 Å². The normalized spacial score (nSPS) is 14.4. The van der Waals surface area contributed by atoms with Crippen molar-refractivity contribution in [2.24, 2.45) is 0 Å². The summed E-state index contributed by atoms with van der Waals surface area (Å²) in [7, 11) is -4.78. The molecule has 0 saturated heterocycles. The van der Waals surface area contributed by atoms with Crippen LogP contribution in [0.25, 0.3) is 0 Å². The molecule has 0 fully saturated rings. The first-order valence-corrected chi connectivity index (χ1v) is 30.2. The number of phosphoric ester groups is 1. The lowest BCUT2D eigenvalue weighted by Crippen LogP contribution is -2.30. The van der Waals surface area contributed by atoms with Gasteiger partial charge in [-0.05, 0) is 135 Å². The first-order chi connectivity index (χ1) is 37.2. The monoisotopic (exact) mass is 1080 g/mol. The quantitative estimate of drug-likeness (QED) is 0.0197. The van der Waals surface area contributed by atoms with E-state index in [1.54, 1.807) is 0 Å². The average molecular weight is 1080 g/mol. The predicted molar refractivity (Wildman–Crippen MR) is 316 cm³/mol. The Balaban J connectivity index is 4.87. The van der Waals surface area contributed by atoms with Crippen LogP contribution >= 0.6 is 7.82 Å². The highest BCUT2D eigenvalue weighted by Gasteiger charge is 2.28. The smallest absolute Gasteiger partial charge is 0.462 e. The Morgan fingerprint density at radius 1 is 0.368 bits per heavy atom. The van der Waals surface area contributed by atoms with Crippen molar-refractivity contribution in [1.82, 2.24) is 0 Å². The molecule has 0 bridgehead atoms. The molecule has 0 spiro atoms. The lowest BCUT2D eigenvalue weighted by molar-refractivity contribution is -0.161. The van der Waals surface area contributed by atoms with Gasteiger partial charge in [0, 0.05) is 19.3 Å². The van der Waals surface area contributed by atoms with Gasteiger partial charge in [0.2, 0.25) is 0 Å². The number of rotatable bonds is 51. The Labute approximate surface area is 461 Å². The van der Waals surface area contributed by atoms with E-state index in [4.69, 9.17) is 23.3 Å². The van der Waals surface area contributed by atoms with E-state index in [-0.39, 0.29) is 25.9 Å². The molecule has 0 saturated carbocycles. The van der Waals surface area contributed by atoms with Crippen molar-refractivity contribution >= 4 is 25.7 Å². The number of phosphoric acid groups is 1. The lowest BCUT2D eigenvalue weighted by atomic mass is 10.1. The molecular formula is C64H101O11P. The van der Waals surface area contributed by atoms with Crippen molar-refractivity contribution in [3.05, 3.63) is 146 Å². The second-order valence-electron chi connectivity index (χ2n) is 18.3. The molecule has 0 radical (unpaired) electrons. The topological polar surface area (TPSA) is 155 Å². The van der Waals surface area contributed by atoms with Crippen LogP contribution in [0.15, 0.2) is 146 Å². The molecule has 0 rings (SSSR count). The molecule has 0 aromatic heterocycles. The predicted octanol–water partition coefficient (Wildman–Crippen LogP) is 17.1. The number of hydrogen-bond donors (Lipinski definition) is 2. The van der Waals surface area contributed by atoms with Crippen LogP contribution in [-0.4, -0.2) is 66.5 Å². The van der Waals surface area contributed by atoms with Gasteiger partial charge in [-0.15, -0.1) is 0 Å². The van der Waals surface area contributed by atoms with Gasteiger partial charge in [-0.25, -0.2) is 4.57 Å². The Hall–Kier alpha value is -4.64. The Morgan fingerprint density at radius 2 is 0.645 bits per heavy atom. The molecule has 428 valence electrons. The molecule has 0 aliphatic carbocycles. The molecule has 0 amide bonds. The van der Waals surface area contributed by atoms with Crippen LogP contribution in [0.4, 0.5) is 0 Å². The maximum atomic E-state index is 12.9. The summed E-state index contributed by atoms with van der Waals surface area (Å²) in [4.78, 5) is 48.5. The first kappa shape index (κ1) is 71.4. The van der Waals surface area contributed by atoms with Crippen molar-refractivity contribution in [3.63, 3.8) is 0 Å². The van der Waals surface area contributed by atoms with Gasteiger partial charge in [-0.3, -0.25) is 23.4 Å². The zero-order valence-electron chi connectivity index (χ0n) is 47.2. The minimum atomic E-state index is -4.78.